The van der Waals surface area contributed by atoms with Gasteiger partial charge < -0.3 is 9.84 Å². The molecule has 0 radical (unpaired) electrons. The van der Waals surface area contributed by atoms with Gasteiger partial charge in [0.05, 0.1) is 17.0 Å². The van der Waals surface area contributed by atoms with Crippen molar-refractivity contribution in [1.82, 2.24) is 4.98 Å². The van der Waals surface area contributed by atoms with Crippen molar-refractivity contribution in [2.45, 2.75) is 13.0 Å². The number of aromatic nitrogens is 1. The van der Waals surface area contributed by atoms with Gasteiger partial charge in [-0.05, 0) is 41.5 Å². The van der Waals surface area contributed by atoms with Gasteiger partial charge in [-0.1, -0.05) is 72.3 Å². The monoisotopic (exact) mass is 429 g/mol. The quantitative estimate of drug-likeness (QED) is 0.376. The minimum atomic E-state index is -0.998. The third kappa shape index (κ3) is 5.11. The number of hydrogen-bond acceptors (Lipinski definition) is 3. The van der Waals surface area contributed by atoms with Crippen LogP contribution in [0.4, 0.5) is 0 Å². The second-order valence-corrected chi connectivity index (χ2v) is 7.51. The Bertz CT molecular complexity index is 1190. The molecule has 0 fully saturated rings. The smallest absolute Gasteiger partial charge is 0.337 e. The lowest BCUT2D eigenvalue weighted by molar-refractivity contribution is 0.0695. The molecule has 0 aliphatic rings. The molecule has 0 aliphatic carbocycles. The molecule has 0 atom stereocenters. The number of aromatic carboxylic acids is 1. The van der Waals surface area contributed by atoms with Gasteiger partial charge >= 0.3 is 5.97 Å². The van der Waals surface area contributed by atoms with Gasteiger partial charge in [0.15, 0.2) is 0 Å². The maximum atomic E-state index is 11.7. The summed E-state index contributed by atoms with van der Waals surface area (Å²) in [5, 5.41) is 10.2. The lowest BCUT2D eigenvalue weighted by Gasteiger charge is -2.14. The molecule has 0 aliphatic heterocycles. The molecule has 4 nitrogen and oxygen atoms in total. The fourth-order valence-corrected chi connectivity index (χ4v) is 3.49. The Balaban J connectivity index is 1.70. The predicted octanol–water partition coefficient (Wildman–Crippen LogP) is 6.27. The topological polar surface area (TPSA) is 59.4 Å². The first kappa shape index (κ1) is 20.6. The van der Waals surface area contributed by atoms with Crippen molar-refractivity contribution in [1.29, 1.82) is 0 Å². The predicted molar refractivity (Wildman–Crippen MR) is 122 cm³/mol. The summed E-state index contributed by atoms with van der Waals surface area (Å²) in [6, 6.07) is 28.2. The molecule has 0 amide bonds. The van der Waals surface area contributed by atoms with E-state index in [9.17, 15) is 9.90 Å². The average Bonchev–Trinajstić information content (AvgIpc) is 2.79. The molecule has 0 saturated carbocycles. The van der Waals surface area contributed by atoms with Crippen LogP contribution in [0.2, 0.25) is 5.02 Å². The van der Waals surface area contributed by atoms with Crippen LogP contribution in [0.25, 0.3) is 11.3 Å². The van der Waals surface area contributed by atoms with Crippen molar-refractivity contribution in [3.8, 4) is 17.0 Å². The fraction of sp³-hybridized carbons (Fsp3) is 0.0769. The molecular formula is C26H20ClNO3. The van der Waals surface area contributed by atoms with Crippen molar-refractivity contribution in [3.05, 3.63) is 118 Å². The van der Waals surface area contributed by atoms with Crippen molar-refractivity contribution in [3.63, 3.8) is 0 Å². The summed E-state index contributed by atoms with van der Waals surface area (Å²) in [6.07, 6.45) is 0.421. The van der Waals surface area contributed by atoms with Gasteiger partial charge in [-0.3, -0.25) is 4.98 Å². The van der Waals surface area contributed by atoms with Gasteiger partial charge in [0.1, 0.15) is 12.4 Å². The summed E-state index contributed by atoms with van der Waals surface area (Å²) in [5.74, 6) is -0.403. The first-order valence-corrected chi connectivity index (χ1v) is 10.2. The molecular weight excluding hydrogens is 410 g/mol. The van der Waals surface area contributed by atoms with E-state index in [1.807, 2.05) is 66.7 Å². The molecule has 1 N–H and O–H groups in total. The van der Waals surface area contributed by atoms with Crippen molar-refractivity contribution >= 4 is 17.6 Å². The molecule has 0 bridgehead atoms. The highest BCUT2D eigenvalue weighted by molar-refractivity contribution is 6.30. The Labute approximate surface area is 185 Å². The van der Waals surface area contributed by atoms with E-state index in [1.165, 1.54) is 0 Å². The van der Waals surface area contributed by atoms with Gasteiger partial charge in [-0.2, -0.15) is 0 Å². The molecule has 0 spiro atoms. The highest BCUT2D eigenvalue weighted by Crippen LogP contribution is 2.33. The second-order valence-electron chi connectivity index (χ2n) is 7.07. The number of pyridine rings is 1. The number of hydrogen-bond donors (Lipinski definition) is 1. The first-order chi connectivity index (χ1) is 15.1. The minimum absolute atomic E-state index is 0.188. The van der Waals surface area contributed by atoms with Crippen molar-refractivity contribution < 1.29 is 14.6 Å². The molecule has 0 saturated heterocycles. The van der Waals surface area contributed by atoms with Gasteiger partial charge in [0.2, 0.25) is 0 Å². The van der Waals surface area contributed by atoms with Crippen LogP contribution in [0.1, 0.15) is 27.2 Å². The molecule has 3 aromatic carbocycles. The van der Waals surface area contributed by atoms with E-state index in [-0.39, 0.29) is 5.56 Å². The lowest BCUT2D eigenvalue weighted by Crippen LogP contribution is -2.07. The Morgan fingerprint density at radius 2 is 1.55 bits per heavy atom. The SMILES string of the molecule is O=C(O)c1ccc(-c2ccc(Cl)cc2OCc2ccccc2)nc1Cc1ccccc1. The summed E-state index contributed by atoms with van der Waals surface area (Å²) in [7, 11) is 0. The average molecular weight is 430 g/mol. The molecule has 4 rings (SSSR count). The number of carbonyl (C=O) groups is 1. The molecule has 154 valence electrons. The number of nitrogens with zero attached hydrogens (tertiary/aromatic N) is 1. The first-order valence-electron chi connectivity index (χ1n) is 9.84. The lowest BCUT2D eigenvalue weighted by atomic mass is 10.0. The van der Waals surface area contributed by atoms with Gasteiger partial charge in [0, 0.05) is 17.0 Å². The Morgan fingerprint density at radius 3 is 2.23 bits per heavy atom. The summed E-state index contributed by atoms with van der Waals surface area (Å²) in [4.78, 5) is 16.4. The zero-order valence-electron chi connectivity index (χ0n) is 16.7. The fourth-order valence-electron chi connectivity index (χ4n) is 3.33. The number of rotatable bonds is 7. The van der Waals surface area contributed by atoms with Gasteiger partial charge in [0.25, 0.3) is 0 Å². The highest BCUT2D eigenvalue weighted by Gasteiger charge is 2.16. The molecule has 4 aromatic rings. The summed E-state index contributed by atoms with van der Waals surface area (Å²) in [6.45, 7) is 0.387. The van der Waals surface area contributed by atoms with Crippen LogP contribution in [0, 0.1) is 0 Å². The number of carboxylic acids is 1. The normalized spacial score (nSPS) is 10.6. The number of halogens is 1. The van der Waals surface area contributed by atoms with E-state index in [0.717, 1.165) is 16.7 Å². The van der Waals surface area contributed by atoms with Gasteiger partial charge in [-0.15, -0.1) is 0 Å². The Morgan fingerprint density at radius 1 is 0.871 bits per heavy atom. The van der Waals surface area contributed by atoms with E-state index >= 15 is 0 Å². The van der Waals surface area contributed by atoms with Crippen LogP contribution in [0.5, 0.6) is 5.75 Å². The van der Waals surface area contributed by atoms with E-state index in [4.69, 9.17) is 21.3 Å². The van der Waals surface area contributed by atoms with Gasteiger partial charge in [-0.25, -0.2) is 4.79 Å². The second kappa shape index (κ2) is 9.45. The van der Waals surface area contributed by atoms with E-state index in [2.05, 4.69) is 0 Å². The molecule has 1 heterocycles. The number of carboxylic acid groups (broad SMARTS) is 1. The van der Waals surface area contributed by atoms with E-state index in [0.29, 0.717) is 35.2 Å². The molecule has 1 aromatic heterocycles. The van der Waals surface area contributed by atoms with Crippen molar-refractivity contribution in [2.75, 3.05) is 0 Å². The Hall–Kier alpha value is -3.63. The minimum Gasteiger partial charge on any atom is -0.488 e. The standard InChI is InChI=1S/C26H20ClNO3/c27-20-11-12-21(25(16-20)31-17-19-9-5-2-6-10-19)23-14-13-22(26(29)30)24(28-23)15-18-7-3-1-4-8-18/h1-14,16H,15,17H2,(H,29,30). The zero-order valence-corrected chi connectivity index (χ0v) is 17.4. The Kier molecular flexibility index (Phi) is 6.29. The summed E-state index contributed by atoms with van der Waals surface area (Å²) in [5.41, 5.74) is 4.11. The van der Waals surface area contributed by atoms with E-state index in [1.54, 1.807) is 24.3 Å². The third-order valence-corrected chi connectivity index (χ3v) is 5.11. The largest absolute Gasteiger partial charge is 0.488 e. The van der Waals surface area contributed by atoms with Crippen LogP contribution >= 0.6 is 11.6 Å². The number of benzene rings is 3. The summed E-state index contributed by atoms with van der Waals surface area (Å²) < 4.78 is 6.05. The molecule has 5 heteroatoms. The van der Waals surface area contributed by atoms with Crippen LogP contribution < -0.4 is 4.74 Å². The third-order valence-electron chi connectivity index (χ3n) is 4.88. The van der Waals surface area contributed by atoms with Crippen LogP contribution in [-0.2, 0) is 13.0 Å². The summed E-state index contributed by atoms with van der Waals surface area (Å²) >= 11 is 6.21. The van der Waals surface area contributed by atoms with Crippen LogP contribution in [0.3, 0.4) is 0 Å². The van der Waals surface area contributed by atoms with Crippen molar-refractivity contribution in [2.24, 2.45) is 0 Å². The number of ether oxygens (including phenoxy) is 1. The molecule has 31 heavy (non-hydrogen) atoms. The highest BCUT2D eigenvalue weighted by atomic mass is 35.5. The maximum absolute atomic E-state index is 11.7. The zero-order chi connectivity index (χ0) is 21.6. The van der Waals surface area contributed by atoms with Crippen LogP contribution in [0.15, 0.2) is 91.0 Å². The van der Waals surface area contributed by atoms with Crippen LogP contribution in [-0.4, -0.2) is 16.1 Å². The molecule has 0 unspecified atom stereocenters. The van der Waals surface area contributed by atoms with E-state index < -0.39 is 5.97 Å². The maximum Gasteiger partial charge on any atom is 0.337 e.